The summed E-state index contributed by atoms with van der Waals surface area (Å²) < 4.78 is 5.88. The maximum Gasteiger partial charge on any atom is 0.261 e. The van der Waals surface area contributed by atoms with Crippen molar-refractivity contribution < 1.29 is 14.3 Å². The Bertz CT molecular complexity index is 1130. The summed E-state index contributed by atoms with van der Waals surface area (Å²) in [6, 6.07) is 19.7. The second-order valence-electron chi connectivity index (χ2n) is 8.10. The Balaban J connectivity index is 1.94. The Morgan fingerprint density at radius 1 is 0.971 bits per heavy atom. The van der Waals surface area contributed by atoms with Gasteiger partial charge in [-0.05, 0) is 48.7 Å². The van der Waals surface area contributed by atoms with Crippen LogP contribution in [-0.4, -0.2) is 36.4 Å². The van der Waals surface area contributed by atoms with E-state index >= 15 is 0 Å². The van der Waals surface area contributed by atoms with Gasteiger partial charge in [-0.2, -0.15) is 0 Å². The van der Waals surface area contributed by atoms with E-state index in [-0.39, 0.29) is 25.0 Å². The summed E-state index contributed by atoms with van der Waals surface area (Å²) in [7, 11) is 1.55. The molecule has 1 unspecified atom stereocenters. The Morgan fingerprint density at radius 2 is 1.65 bits per heavy atom. The van der Waals surface area contributed by atoms with Crippen molar-refractivity contribution in [2.75, 3.05) is 13.7 Å². The van der Waals surface area contributed by atoms with Gasteiger partial charge in [0.1, 0.15) is 11.8 Å². The first-order chi connectivity index (χ1) is 16.3. The van der Waals surface area contributed by atoms with Crippen LogP contribution in [0.25, 0.3) is 0 Å². The van der Waals surface area contributed by atoms with E-state index in [0.717, 1.165) is 16.7 Å². The van der Waals surface area contributed by atoms with Crippen molar-refractivity contribution in [3.8, 4) is 5.75 Å². The highest BCUT2D eigenvalue weighted by Gasteiger charge is 2.31. The van der Waals surface area contributed by atoms with Crippen molar-refractivity contribution in [3.05, 3.63) is 99.0 Å². The third-order valence-electron chi connectivity index (χ3n) is 5.60. The zero-order chi connectivity index (χ0) is 24.7. The van der Waals surface area contributed by atoms with E-state index in [1.54, 1.807) is 25.2 Å². The van der Waals surface area contributed by atoms with E-state index in [1.807, 2.05) is 62.4 Å². The van der Waals surface area contributed by atoms with Gasteiger partial charge in [0.15, 0.2) is 6.61 Å². The first-order valence-corrected chi connectivity index (χ1v) is 11.7. The van der Waals surface area contributed by atoms with Crippen LogP contribution in [0.1, 0.15) is 22.3 Å². The number of nitrogens with zero attached hydrogens (tertiary/aromatic N) is 1. The lowest BCUT2D eigenvalue weighted by molar-refractivity contribution is -0.142. The lowest BCUT2D eigenvalue weighted by Gasteiger charge is -2.31. The van der Waals surface area contributed by atoms with Crippen LogP contribution in [0.15, 0.2) is 66.7 Å². The van der Waals surface area contributed by atoms with Crippen molar-refractivity contribution in [3.63, 3.8) is 0 Å². The summed E-state index contributed by atoms with van der Waals surface area (Å²) in [4.78, 5) is 28.0. The number of carbonyl (C=O) groups is 2. The average molecular weight is 499 g/mol. The van der Waals surface area contributed by atoms with Crippen LogP contribution in [0.3, 0.4) is 0 Å². The molecule has 0 aromatic heterocycles. The minimum absolute atomic E-state index is 0.0679. The molecule has 3 rings (SSSR count). The molecule has 0 aliphatic heterocycles. The number of ether oxygens (including phenoxy) is 1. The molecular formula is C27H28Cl2N2O3. The van der Waals surface area contributed by atoms with Crippen LogP contribution < -0.4 is 10.1 Å². The van der Waals surface area contributed by atoms with Crippen molar-refractivity contribution >= 4 is 35.0 Å². The van der Waals surface area contributed by atoms with Gasteiger partial charge < -0.3 is 15.0 Å². The standard InChI is InChI=1S/C27H28Cl2N2O3/c1-18-12-13-19(2)25(14-18)34-17-26(32)31(16-21-22(28)10-7-11-23(21)29)24(27(33)30-3)15-20-8-5-4-6-9-20/h4-14,24H,15-17H2,1-3H3,(H,30,33). The largest absolute Gasteiger partial charge is 0.483 e. The highest BCUT2D eigenvalue weighted by atomic mass is 35.5. The van der Waals surface area contributed by atoms with Crippen LogP contribution in [0.5, 0.6) is 5.75 Å². The number of nitrogens with one attached hydrogen (secondary N) is 1. The summed E-state index contributed by atoms with van der Waals surface area (Å²) in [6.07, 6.45) is 0.331. The number of halogens is 2. The van der Waals surface area contributed by atoms with Gasteiger partial charge in [-0.25, -0.2) is 0 Å². The molecule has 2 amide bonds. The highest BCUT2D eigenvalue weighted by Crippen LogP contribution is 2.27. The molecule has 0 aliphatic rings. The average Bonchev–Trinajstić information content (AvgIpc) is 2.83. The Morgan fingerprint density at radius 3 is 2.29 bits per heavy atom. The molecule has 178 valence electrons. The van der Waals surface area contributed by atoms with E-state index in [2.05, 4.69) is 5.32 Å². The number of rotatable bonds is 9. The first-order valence-electron chi connectivity index (χ1n) is 11.0. The minimum Gasteiger partial charge on any atom is -0.483 e. The molecule has 5 nitrogen and oxygen atoms in total. The smallest absolute Gasteiger partial charge is 0.261 e. The Hall–Kier alpha value is -3.02. The molecule has 1 N–H and O–H groups in total. The number of hydrogen-bond acceptors (Lipinski definition) is 3. The molecule has 0 saturated carbocycles. The van der Waals surface area contributed by atoms with Crippen molar-refractivity contribution in [2.24, 2.45) is 0 Å². The number of amides is 2. The van der Waals surface area contributed by atoms with Gasteiger partial charge in [-0.3, -0.25) is 9.59 Å². The molecule has 0 spiro atoms. The van der Waals surface area contributed by atoms with Crippen LogP contribution >= 0.6 is 23.2 Å². The fourth-order valence-corrected chi connectivity index (χ4v) is 4.18. The molecule has 1 atom stereocenters. The molecule has 34 heavy (non-hydrogen) atoms. The topological polar surface area (TPSA) is 58.6 Å². The normalized spacial score (nSPS) is 11.6. The van der Waals surface area contributed by atoms with Gasteiger partial charge in [0.25, 0.3) is 5.91 Å². The van der Waals surface area contributed by atoms with Crippen LogP contribution in [-0.2, 0) is 22.6 Å². The molecular weight excluding hydrogens is 471 g/mol. The number of carbonyl (C=O) groups excluding carboxylic acids is 2. The molecule has 0 fully saturated rings. The van der Waals surface area contributed by atoms with E-state index in [1.165, 1.54) is 4.90 Å². The quantitative estimate of drug-likeness (QED) is 0.431. The fourth-order valence-electron chi connectivity index (χ4n) is 3.66. The van der Waals surface area contributed by atoms with E-state index in [0.29, 0.717) is 27.8 Å². The first kappa shape index (κ1) is 25.6. The number of benzene rings is 3. The highest BCUT2D eigenvalue weighted by molar-refractivity contribution is 6.36. The maximum atomic E-state index is 13.5. The monoisotopic (exact) mass is 498 g/mol. The summed E-state index contributed by atoms with van der Waals surface area (Å²) >= 11 is 12.8. The van der Waals surface area contributed by atoms with Gasteiger partial charge >= 0.3 is 0 Å². The van der Waals surface area contributed by atoms with Crippen LogP contribution in [0.4, 0.5) is 0 Å². The predicted molar refractivity (Wildman–Crippen MR) is 136 cm³/mol. The van der Waals surface area contributed by atoms with Gasteiger partial charge in [0, 0.05) is 35.6 Å². The summed E-state index contributed by atoms with van der Waals surface area (Å²) in [5.74, 6) is -0.00262. The molecule has 3 aromatic rings. The third-order valence-corrected chi connectivity index (χ3v) is 6.31. The molecule has 0 saturated heterocycles. The van der Waals surface area contributed by atoms with Gasteiger partial charge in [0.2, 0.25) is 5.91 Å². The van der Waals surface area contributed by atoms with Crippen LogP contribution in [0, 0.1) is 13.8 Å². The summed E-state index contributed by atoms with van der Waals surface area (Å²) in [6.45, 7) is 3.72. The van der Waals surface area contributed by atoms with Crippen molar-refractivity contribution in [1.29, 1.82) is 0 Å². The minimum atomic E-state index is -0.783. The second-order valence-corrected chi connectivity index (χ2v) is 8.91. The molecule has 0 radical (unpaired) electrons. The number of likely N-dealkylation sites (N-methyl/N-ethyl adjacent to an activating group) is 1. The lowest BCUT2D eigenvalue weighted by atomic mass is 10.0. The number of hydrogen-bond donors (Lipinski definition) is 1. The Labute approximate surface area is 210 Å². The Kier molecular flexibility index (Phi) is 8.97. The van der Waals surface area contributed by atoms with E-state index < -0.39 is 6.04 Å². The van der Waals surface area contributed by atoms with Gasteiger partial charge in [-0.1, -0.05) is 71.7 Å². The molecule has 3 aromatic carbocycles. The predicted octanol–water partition coefficient (Wildman–Crippen LogP) is 5.38. The number of aryl methyl sites for hydroxylation is 2. The SMILES string of the molecule is CNC(=O)C(Cc1ccccc1)N(Cc1c(Cl)cccc1Cl)C(=O)COc1cc(C)ccc1C. The van der Waals surface area contributed by atoms with Crippen molar-refractivity contribution in [2.45, 2.75) is 32.9 Å². The molecule has 0 heterocycles. The zero-order valence-electron chi connectivity index (χ0n) is 19.5. The van der Waals surface area contributed by atoms with Gasteiger partial charge in [-0.15, -0.1) is 0 Å². The van der Waals surface area contributed by atoms with E-state index in [9.17, 15) is 9.59 Å². The molecule has 7 heteroatoms. The summed E-state index contributed by atoms with van der Waals surface area (Å²) in [5, 5.41) is 3.54. The van der Waals surface area contributed by atoms with Crippen molar-refractivity contribution in [1.82, 2.24) is 10.2 Å². The molecule has 0 aliphatic carbocycles. The van der Waals surface area contributed by atoms with Crippen LogP contribution in [0.2, 0.25) is 10.0 Å². The zero-order valence-corrected chi connectivity index (χ0v) is 21.0. The molecule has 0 bridgehead atoms. The third kappa shape index (κ3) is 6.52. The fraction of sp³-hybridized carbons (Fsp3) is 0.259. The maximum absolute atomic E-state index is 13.5. The lowest BCUT2D eigenvalue weighted by Crippen LogP contribution is -2.51. The van der Waals surface area contributed by atoms with E-state index in [4.69, 9.17) is 27.9 Å². The second kappa shape index (κ2) is 11.9. The van der Waals surface area contributed by atoms with Gasteiger partial charge in [0.05, 0.1) is 0 Å². The summed E-state index contributed by atoms with van der Waals surface area (Å²) in [5.41, 5.74) is 3.45.